The van der Waals surface area contributed by atoms with E-state index in [0.29, 0.717) is 6.54 Å². The maximum absolute atomic E-state index is 12.6. The number of fused-ring (bicyclic) bond motifs is 1. The quantitative estimate of drug-likeness (QED) is 0.466. The molecule has 1 aromatic heterocycles. The van der Waals surface area contributed by atoms with E-state index in [1.165, 1.54) is 22.3 Å². The zero-order valence-corrected chi connectivity index (χ0v) is 19.9. The van der Waals surface area contributed by atoms with Crippen LogP contribution in [-0.4, -0.2) is 11.5 Å². The zero-order valence-electron chi connectivity index (χ0n) is 19.9. The van der Waals surface area contributed by atoms with Gasteiger partial charge in [0.25, 0.3) is 5.56 Å². The standard InChI is InChI=1S/C28H36N2O/c1-7-11-23-19(6)27(31)30-26-18(5)16-20(8-2)24(25(23)26)21-12-14-22(15-13-21)28(9-3,10-4)17-29/h7,11-16H,8-10,17,29H2,1-6H3,(H,30,31)/b11-7-. The topological polar surface area (TPSA) is 58.9 Å². The van der Waals surface area contributed by atoms with E-state index in [-0.39, 0.29) is 11.0 Å². The van der Waals surface area contributed by atoms with Gasteiger partial charge in [0.05, 0.1) is 5.52 Å². The maximum atomic E-state index is 12.6. The van der Waals surface area contributed by atoms with E-state index in [1.54, 1.807) is 0 Å². The van der Waals surface area contributed by atoms with Gasteiger partial charge in [0.2, 0.25) is 0 Å². The third-order valence-electron chi connectivity index (χ3n) is 7.10. The fourth-order valence-corrected chi connectivity index (χ4v) is 4.87. The van der Waals surface area contributed by atoms with Gasteiger partial charge in [-0.2, -0.15) is 0 Å². The predicted molar refractivity (Wildman–Crippen MR) is 135 cm³/mol. The molecular formula is C28H36N2O. The van der Waals surface area contributed by atoms with Crippen LogP contribution in [0.1, 0.15) is 68.4 Å². The zero-order chi connectivity index (χ0) is 22.8. The van der Waals surface area contributed by atoms with Crippen LogP contribution >= 0.6 is 0 Å². The number of nitrogens with two attached hydrogens (primary N) is 1. The van der Waals surface area contributed by atoms with E-state index >= 15 is 0 Å². The fraction of sp³-hybridized carbons (Fsp3) is 0.393. The largest absolute Gasteiger partial charge is 0.330 e. The molecule has 0 spiro atoms. The lowest BCUT2D eigenvalue weighted by molar-refractivity contribution is 0.407. The van der Waals surface area contributed by atoms with Gasteiger partial charge in [-0.1, -0.05) is 63.3 Å². The van der Waals surface area contributed by atoms with Gasteiger partial charge in [-0.3, -0.25) is 4.79 Å². The van der Waals surface area contributed by atoms with Crippen LogP contribution in [0.2, 0.25) is 0 Å². The summed E-state index contributed by atoms with van der Waals surface area (Å²) in [6, 6.07) is 11.2. The van der Waals surface area contributed by atoms with E-state index in [1.807, 2.05) is 19.9 Å². The minimum Gasteiger partial charge on any atom is -0.330 e. The summed E-state index contributed by atoms with van der Waals surface area (Å²) in [7, 11) is 0. The average molecular weight is 417 g/mol. The second-order valence-corrected chi connectivity index (χ2v) is 8.59. The van der Waals surface area contributed by atoms with Crippen molar-refractivity contribution in [2.75, 3.05) is 6.54 Å². The van der Waals surface area contributed by atoms with Gasteiger partial charge in [0.15, 0.2) is 0 Å². The molecule has 0 unspecified atom stereocenters. The molecule has 3 rings (SSSR count). The maximum Gasteiger partial charge on any atom is 0.251 e. The minimum absolute atomic E-state index is 0.0205. The van der Waals surface area contributed by atoms with Crippen molar-refractivity contribution in [3.63, 3.8) is 0 Å². The number of nitrogens with one attached hydrogen (secondary N) is 1. The van der Waals surface area contributed by atoms with E-state index in [9.17, 15) is 4.79 Å². The highest BCUT2D eigenvalue weighted by Crippen LogP contribution is 2.38. The minimum atomic E-state index is -0.0205. The summed E-state index contributed by atoms with van der Waals surface area (Å²) in [6.07, 6.45) is 7.06. The number of H-pyrrole nitrogens is 1. The second kappa shape index (κ2) is 9.23. The van der Waals surface area contributed by atoms with Gasteiger partial charge in [0, 0.05) is 22.9 Å². The molecule has 3 aromatic rings. The molecule has 3 N–H and O–H groups in total. The first-order valence-electron chi connectivity index (χ1n) is 11.5. The third-order valence-corrected chi connectivity index (χ3v) is 7.10. The van der Waals surface area contributed by atoms with Crippen molar-refractivity contribution in [2.45, 2.75) is 66.2 Å². The number of rotatable bonds is 7. The summed E-state index contributed by atoms with van der Waals surface area (Å²) in [4.78, 5) is 15.8. The molecule has 2 aromatic carbocycles. The summed E-state index contributed by atoms with van der Waals surface area (Å²) in [5.74, 6) is 0. The van der Waals surface area contributed by atoms with E-state index in [2.05, 4.69) is 69.1 Å². The molecule has 1 heterocycles. The average Bonchev–Trinajstić information content (AvgIpc) is 2.79. The Labute approximate surface area is 186 Å². The molecule has 0 bridgehead atoms. The number of allylic oxidation sites excluding steroid dienone is 1. The number of hydrogen-bond acceptors (Lipinski definition) is 2. The monoisotopic (exact) mass is 416 g/mol. The predicted octanol–water partition coefficient (Wildman–Crippen LogP) is 6.42. The summed E-state index contributed by atoms with van der Waals surface area (Å²) in [6.45, 7) is 13.3. The Morgan fingerprint density at radius 2 is 1.71 bits per heavy atom. The molecule has 0 aliphatic heterocycles. The molecule has 0 amide bonds. The Hall–Kier alpha value is -2.65. The Morgan fingerprint density at radius 1 is 1.06 bits per heavy atom. The van der Waals surface area contributed by atoms with Gasteiger partial charge in [-0.25, -0.2) is 0 Å². The lowest BCUT2D eigenvalue weighted by Gasteiger charge is -2.31. The third kappa shape index (κ3) is 3.87. The van der Waals surface area contributed by atoms with Crippen LogP contribution in [0.3, 0.4) is 0 Å². The molecule has 3 nitrogen and oxygen atoms in total. The van der Waals surface area contributed by atoms with Crippen molar-refractivity contribution < 1.29 is 0 Å². The van der Waals surface area contributed by atoms with Crippen LogP contribution in [-0.2, 0) is 11.8 Å². The molecule has 164 valence electrons. The van der Waals surface area contributed by atoms with Crippen molar-refractivity contribution in [2.24, 2.45) is 5.73 Å². The normalized spacial score (nSPS) is 12.2. The molecule has 0 aliphatic carbocycles. The molecule has 31 heavy (non-hydrogen) atoms. The first kappa shape index (κ1) is 23.0. The van der Waals surface area contributed by atoms with Crippen LogP contribution in [0.5, 0.6) is 0 Å². The van der Waals surface area contributed by atoms with E-state index in [0.717, 1.165) is 46.9 Å². The Kier molecular flexibility index (Phi) is 6.86. The lowest BCUT2D eigenvalue weighted by atomic mass is 9.75. The number of aryl methyl sites for hydroxylation is 2. The highest BCUT2D eigenvalue weighted by atomic mass is 16.1. The first-order chi connectivity index (χ1) is 14.9. The van der Waals surface area contributed by atoms with Crippen molar-refractivity contribution in [3.05, 3.63) is 74.6 Å². The Balaban J connectivity index is 2.38. The van der Waals surface area contributed by atoms with Crippen molar-refractivity contribution in [3.8, 4) is 11.1 Å². The molecule has 0 radical (unpaired) electrons. The fourth-order valence-electron chi connectivity index (χ4n) is 4.87. The molecule has 0 fully saturated rings. The summed E-state index contributed by atoms with van der Waals surface area (Å²) >= 11 is 0. The number of aromatic nitrogens is 1. The van der Waals surface area contributed by atoms with Crippen LogP contribution in [0.4, 0.5) is 0 Å². The number of hydrogen-bond donors (Lipinski definition) is 2. The molecule has 0 aliphatic rings. The van der Waals surface area contributed by atoms with Crippen LogP contribution in [0, 0.1) is 13.8 Å². The number of benzene rings is 2. The van der Waals surface area contributed by atoms with Gasteiger partial charge in [0.1, 0.15) is 0 Å². The molecule has 0 saturated carbocycles. The SMILES string of the molecule is C/C=C\c1c(C)c(=O)[nH]c2c(C)cc(CC)c(-c3ccc(C(CC)(CC)CN)cc3)c12. The summed E-state index contributed by atoms with van der Waals surface area (Å²) in [5.41, 5.74) is 15.0. The smallest absolute Gasteiger partial charge is 0.251 e. The van der Waals surface area contributed by atoms with Crippen LogP contribution < -0.4 is 11.3 Å². The lowest BCUT2D eigenvalue weighted by Crippen LogP contribution is -2.33. The van der Waals surface area contributed by atoms with Crippen molar-refractivity contribution in [1.82, 2.24) is 4.98 Å². The van der Waals surface area contributed by atoms with Gasteiger partial charge in [-0.05, 0) is 73.4 Å². The second-order valence-electron chi connectivity index (χ2n) is 8.59. The summed E-state index contributed by atoms with van der Waals surface area (Å²) < 4.78 is 0. The first-order valence-corrected chi connectivity index (χ1v) is 11.5. The molecule has 0 atom stereocenters. The molecule has 3 heteroatoms. The number of aromatic amines is 1. The number of pyridine rings is 1. The molecule has 0 saturated heterocycles. The van der Waals surface area contributed by atoms with E-state index in [4.69, 9.17) is 5.73 Å². The van der Waals surface area contributed by atoms with Crippen molar-refractivity contribution in [1.29, 1.82) is 0 Å². The Morgan fingerprint density at radius 3 is 2.23 bits per heavy atom. The van der Waals surface area contributed by atoms with Crippen LogP contribution in [0.15, 0.2) is 41.2 Å². The Bertz CT molecular complexity index is 1150. The summed E-state index contributed by atoms with van der Waals surface area (Å²) in [5, 5.41) is 1.14. The highest BCUT2D eigenvalue weighted by molar-refractivity contribution is 6.03. The van der Waals surface area contributed by atoms with Gasteiger partial charge >= 0.3 is 0 Å². The van der Waals surface area contributed by atoms with E-state index < -0.39 is 0 Å². The van der Waals surface area contributed by atoms with Crippen LogP contribution in [0.25, 0.3) is 28.1 Å². The van der Waals surface area contributed by atoms with Crippen molar-refractivity contribution >= 4 is 17.0 Å². The highest BCUT2D eigenvalue weighted by Gasteiger charge is 2.27. The van der Waals surface area contributed by atoms with Gasteiger partial charge in [-0.15, -0.1) is 0 Å². The molecular weight excluding hydrogens is 380 g/mol. The van der Waals surface area contributed by atoms with Gasteiger partial charge < -0.3 is 10.7 Å².